The molecule has 0 saturated carbocycles. The quantitative estimate of drug-likeness (QED) is 0.507. The molecule has 2 N–H and O–H groups in total. The van der Waals surface area contributed by atoms with E-state index in [0.29, 0.717) is 0 Å². The van der Waals surface area contributed by atoms with E-state index in [-0.39, 0.29) is 11.1 Å². The Morgan fingerprint density at radius 1 is 0.600 bits per heavy atom. The number of allylic oxidation sites excluding steroid dienone is 2. The van der Waals surface area contributed by atoms with Gasteiger partial charge in [-0.05, 0) is 0 Å². The minimum absolute atomic E-state index is 0.192. The summed E-state index contributed by atoms with van der Waals surface area (Å²) >= 11 is 0. The fourth-order valence-electron chi connectivity index (χ4n) is 1.67. The highest BCUT2D eigenvalue weighted by Gasteiger charge is 2.21. The number of ketones is 2. The average molecular weight is 268 g/mol. The van der Waals surface area contributed by atoms with Crippen LogP contribution in [-0.4, -0.2) is 21.8 Å². The Morgan fingerprint density at radius 2 is 0.900 bits per heavy atom. The number of aliphatic hydroxyl groups is 2. The molecule has 2 rings (SSSR count). The SMILES string of the molecule is O=C(C(O)=C(O)C(=O)c1ccccc1)c1ccccc1. The van der Waals surface area contributed by atoms with Gasteiger partial charge in [-0.1, -0.05) is 60.7 Å². The lowest BCUT2D eigenvalue weighted by Gasteiger charge is -2.04. The van der Waals surface area contributed by atoms with Gasteiger partial charge < -0.3 is 10.2 Å². The van der Waals surface area contributed by atoms with Crippen LogP contribution in [0.1, 0.15) is 20.7 Å². The van der Waals surface area contributed by atoms with Gasteiger partial charge in [0.1, 0.15) is 0 Å². The molecule has 0 radical (unpaired) electrons. The molecule has 2 aromatic carbocycles. The van der Waals surface area contributed by atoms with E-state index in [1.807, 2.05) is 0 Å². The topological polar surface area (TPSA) is 74.6 Å². The third-order valence-electron chi connectivity index (χ3n) is 2.73. The molecule has 4 nitrogen and oxygen atoms in total. The van der Waals surface area contributed by atoms with Crippen LogP contribution in [0.2, 0.25) is 0 Å². The molecule has 0 aromatic heterocycles. The summed E-state index contributed by atoms with van der Waals surface area (Å²) in [6.07, 6.45) is 0. The first kappa shape index (κ1) is 13.5. The van der Waals surface area contributed by atoms with Crippen molar-refractivity contribution in [1.29, 1.82) is 0 Å². The van der Waals surface area contributed by atoms with E-state index in [9.17, 15) is 19.8 Å². The van der Waals surface area contributed by atoms with E-state index in [4.69, 9.17) is 0 Å². The number of Topliss-reactive ketones (excluding diaryl/α,β-unsaturated/α-hetero) is 2. The van der Waals surface area contributed by atoms with Gasteiger partial charge in [0.25, 0.3) is 0 Å². The highest BCUT2D eigenvalue weighted by Crippen LogP contribution is 2.13. The minimum atomic E-state index is -0.954. The number of rotatable bonds is 4. The lowest BCUT2D eigenvalue weighted by atomic mass is 10.0. The Balaban J connectivity index is 2.32. The van der Waals surface area contributed by atoms with Crippen molar-refractivity contribution in [3.63, 3.8) is 0 Å². The van der Waals surface area contributed by atoms with Gasteiger partial charge in [-0.2, -0.15) is 0 Å². The van der Waals surface area contributed by atoms with Crippen LogP contribution in [0.5, 0.6) is 0 Å². The highest BCUT2D eigenvalue weighted by molar-refractivity contribution is 6.15. The fourth-order valence-corrected chi connectivity index (χ4v) is 1.67. The second kappa shape index (κ2) is 5.84. The summed E-state index contributed by atoms with van der Waals surface area (Å²) in [7, 11) is 0. The second-order valence-electron chi connectivity index (χ2n) is 4.09. The van der Waals surface area contributed by atoms with Crippen LogP contribution in [0.4, 0.5) is 0 Å². The third kappa shape index (κ3) is 2.75. The van der Waals surface area contributed by atoms with Crippen molar-refractivity contribution in [1.82, 2.24) is 0 Å². The largest absolute Gasteiger partial charge is 0.501 e. The maximum Gasteiger partial charge on any atom is 0.231 e. The molecule has 0 spiro atoms. The summed E-state index contributed by atoms with van der Waals surface area (Å²) in [5, 5.41) is 19.5. The Morgan fingerprint density at radius 3 is 1.20 bits per heavy atom. The zero-order valence-corrected chi connectivity index (χ0v) is 10.5. The summed E-state index contributed by atoms with van der Waals surface area (Å²) in [4.78, 5) is 23.8. The molecule has 0 aliphatic rings. The number of carbonyl (C=O) groups excluding carboxylic acids is 2. The third-order valence-corrected chi connectivity index (χ3v) is 2.73. The molecule has 0 aliphatic heterocycles. The molecule has 2 aromatic rings. The van der Waals surface area contributed by atoms with Gasteiger partial charge in [-0.15, -0.1) is 0 Å². The van der Waals surface area contributed by atoms with Crippen LogP contribution in [-0.2, 0) is 0 Å². The van der Waals surface area contributed by atoms with Crippen molar-refractivity contribution in [3.05, 3.63) is 83.3 Å². The lowest BCUT2D eigenvalue weighted by molar-refractivity contribution is 0.0907. The number of hydrogen-bond donors (Lipinski definition) is 2. The van der Waals surface area contributed by atoms with E-state index in [1.54, 1.807) is 36.4 Å². The zero-order valence-electron chi connectivity index (χ0n) is 10.5. The second-order valence-corrected chi connectivity index (χ2v) is 4.09. The van der Waals surface area contributed by atoms with Gasteiger partial charge in [0.05, 0.1) is 0 Å². The highest BCUT2D eigenvalue weighted by atomic mass is 16.3. The number of carbonyl (C=O) groups is 2. The molecule has 20 heavy (non-hydrogen) atoms. The maximum absolute atomic E-state index is 11.9. The van der Waals surface area contributed by atoms with Gasteiger partial charge in [-0.25, -0.2) is 0 Å². The lowest BCUT2D eigenvalue weighted by Crippen LogP contribution is -2.12. The monoisotopic (exact) mass is 268 g/mol. The van der Waals surface area contributed by atoms with Crippen molar-refractivity contribution < 1.29 is 19.8 Å². The molecule has 0 fully saturated rings. The maximum atomic E-state index is 11.9. The standard InChI is InChI=1S/C16H12O4/c17-13(11-7-3-1-4-8-11)15(19)16(20)14(18)12-9-5-2-6-10-12/h1-10,19-20H. The molecule has 0 aliphatic carbocycles. The van der Waals surface area contributed by atoms with Crippen molar-refractivity contribution >= 4 is 11.6 Å². The summed E-state index contributed by atoms with van der Waals surface area (Å²) in [6.45, 7) is 0. The molecule has 0 amide bonds. The molecule has 4 heteroatoms. The van der Waals surface area contributed by atoms with Crippen molar-refractivity contribution in [2.24, 2.45) is 0 Å². The molecule has 0 saturated heterocycles. The average Bonchev–Trinajstić information content (AvgIpc) is 2.53. The first-order valence-electron chi connectivity index (χ1n) is 5.93. The first-order valence-corrected chi connectivity index (χ1v) is 5.93. The van der Waals surface area contributed by atoms with Gasteiger partial charge in [0, 0.05) is 11.1 Å². The summed E-state index contributed by atoms with van der Waals surface area (Å²) in [5.74, 6) is -3.50. The predicted molar refractivity (Wildman–Crippen MR) is 73.8 cm³/mol. The molecule has 100 valence electrons. The van der Waals surface area contributed by atoms with E-state index < -0.39 is 23.1 Å². The van der Waals surface area contributed by atoms with E-state index >= 15 is 0 Å². The summed E-state index contributed by atoms with van der Waals surface area (Å²) in [6, 6.07) is 15.9. The van der Waals surface area contributed by atoms with Gasteiger partial charge >= 0.3 is 0 Å². The molecular formula is C16H12O4. The van der Waals surface area contributed by atoms with E-state index in [2.05, 4.69) is 0 Å². The minimum Gasteiger partial charge on any atom is -0.501 e. The molecule has 0 bridgehead atoms. The molecular weight excluding hydrogens is 256 g/mol. The van der Waals surface area contributed by atoms with Gasteiger partial charge in [-0.3, -0.25) is 9.59 Å². The predicted octanol–water partition coefficient (Wildman–Crippen LogP) is 3.08. The van der Waals surface area contributed by atoms with Crippen molar-refractivity contribution in [3.8, 4) is 0 Å². The Labute approximate surface area is 115 Å². The first-order chi connectivity index (χ1) is 9.61. The van der Waals surface area contributed by atoms with Crippen LogP contribution in [0.25, 0.3) is 0 Å². The van der Waals surface area contributed by atoms with Crippen LogP contribution in [0.3, 0.4) is 0 Å². The van der Waals surface area contributed by atoms with E-state index in [1.165, 1.54) is 24.3 Å². The van der Waals surface area contributed by atoms with Crippen molar-refractivity contribution in [2.75, 3.05) is 0 Å². The van der Waals surface area contributed by atoms with E-state index in [0.717, 1.165) is 0 Å². The van der Waals surface area contributed by atoms with Crippen LogP contribution >= 0.6 is 0 Å². The fraction of sp³-hybridized carbons (Fsp3) is 0. The van der Waals surface area contributed by atoms with Gasteiger partial charge in [0.15, 0.2) is 0 Å². The van der Waals surface area contributed by atoms with Crippen molar-refractivity contribution in [2.45, 2.75) is 0 Å². The Bertz CT molecular complexity index is 598. The van der Waals surface area contributed by atoms with Crippen LogP contribution < -0.4 is 0 Å². The normalized spacial score (nSPS) is 11.6. The number of hydrogen-bond acceptors (Lipinski definition) is 4. The van der Waals surface area contributed by atoms with Crippen LogP contribution in [0, 0.1) is 0 Å². The Hall–Kier alpha value is -2.88. The summed E-state index contributed by atoms with van der Waals surface area (Å²) in [5.41, 5.74) is 0.384. The number of aliphatic hydroxyl groups excluding tert-OH is 2. The molecule has 0 atom stereocenters. The Kier molecular flexibility index (Phi) is 3.96. The molecule has 0 unspecified atom stereocenters. The summed E-state index contributed by atoms with van der Waals surface area (Å²) < 4.78 is 0. The van der Waals surface area contributed by atoms with Gasteiger partial charge in [0.2, 0.25) is 23.1 Å². The smallest absolute Gasteiger partial charge is 0.231 e. The zero-order chi connectivity index (χ0) is 14.5. The number of benzene rings is 2. The molecule has 0 heterocycles. The van der Waals surface area contributed by atoms with Crippen LogP contribution in [0.15, 0.2) is 72.2 Å².